The predicted octanol–water partition coefficient (Wildman–Crippen LogP) is 8.84. The van der Waals surface area contributed by atoms with Crippen molar-refractivity contribution >= 4 is 24.7 Å². The maximum atomic E-state index is 16.2. The van der Waals surface area contributed by atoms with E-state index >= 15 is 4.39 Å². The van der Waals surface area contributed by atoms with Crippen molar-refractivity contribution in [2.75, 3.05) is 13.7 Å². The van der Waals surface area contributed by atoms with Gasteiger partial charge in [0.05, 0.1) is 25.9 Å². The number of halogens is 1. The highest BCUT2D eigenvalue weighted by molar-refractivity contribution is 6.99. The van der Waals surface area contributed by atoms with E-state index in [0.29, 0.717) is 25.2 Å². The van der Waals surface area contributed by atoms with Gasteiger partial charge < -0.3 is 18.6 Å². The molecule has 0 aromatic heterocycles. The third kappa shape index (κ3) is 10.1. The lowest BCUT2D eigenvalue weighted by Crippen LogP contribution is -2.67. The molecule has 4 aromatic rings. The van der Waals surface area contributed by atoms with Crippen molar-refractivity contribution in [1.29, 1.82) is 0 Å². The molecule has 0 amide bonds. The number of benzene rings is 4. The van der Waals surface area contributed by atoms with Gasteiger partial charge >= 0.3 is 5.97 Å². The van der Waals surface area contributed by atoms with E-state index in [1.54, 1.807) is 43.5 Å². The van der Waals surface area contributed by atoms with Gasteiger partial charge in [-0.05, 0) is 70.7 Å². The van der Waals surface area contributed by atoms with Gasteiger partial charge in [-0.3, -0.25) is 0 Å². The molecule has 0 saturated carbocycles. The Morgan fingerprint density at radius 1 is 0.816 bits per heavy atom. The lowest BCUT2D eigenvalue weighted by atomic mass is 10.0. The van der Waals surface area contributed by atoms with Crippen molar-refractivity contribution < 1.29 is 27.8 Å². The van der Waals surface area contributed by atoms with Crippen LogP contribution in [0.25, 0.3) is 0 Å². The monoisotopic (exact) mass is 680 g/mol. The van der Waals surface area contributed by atoms with Crippen LogP contribution >= 0.6 is 0 Å². The molecular formula is C42H49FO5Si. The Hall–Kier alpha value is -4.30. The van der Waals surface area contributed by atoms with Crippen LogP contribution in [0.4, 0.5) is 4.39 Å². The standard InChI is InChI=1S/C42H49FO5Si/c1-32(33(2)48-49(42(3,4)5,37-20-12-8-13-21-37)38-22-14-9-15-23-38)30-39(43)40(47-41(44)35-18-10-7-11-19-35)24-16-17-29-46-31-34-25-27-36(45-6)28-26-34/h7-16,18-28,30,32-33,40H,17,29,31H2,1-6H3/b24-16-,39-30+/t32-,33-,40?/m0/s1. The maximum Gasteiger partial charge on any atom is 0.339 e. The zero-order valence-electron chi connectivity index (χ0n) is 29.5. The molecular weight excluding hydrogens is 632 g/mol. The fraction of sp³-hybridized carbons (Fsp3) is 0.310. The Morgan fingerprint density at radius 3 is 1.90 bits per heavy atom. The van der Waals surface area contributed by atoms with Crippen LogP contribution in [0.5, 0.6) is 5.75 Å². The number of hydrogen-bond donors (Lipinski definition) is 0. The molecule has 0 aliphatic carbocycles. The van der Waals surface area contributed by atoms with Gasteiger partial charge in [-0.25, -0.2) is 9.18 Å². The minimum Gasteiger partial charge on any atom is -0.497 e. The molecule has 0 aliphatic heterocycles. The highest BCUT2D eigenvalue weighted by Gasteiger charge is 2.51. The number of ether oxygens (including phenoxy) is 3. The van der Waals surface area contributed by atoms with Crippen molar-refractivity contribution in [2.24, 2.45) is 5.92 Å². The number of esters is 1. The smallest absolute Gasteiger partial charge is 0.339 e. The number of rotatable bonds is 16. The largest absolute Gasteiger partial charge is 0.497 e. The molecule has 0 spiro atoms. The average molecular weight is 681 g/mol. The SMILES string of the molecule is COc1ccc(COCC/C=C\C(OC(=O)c2ccccc2)/C(F)=C\[C@H](C)[C@H](C)O[Si](c2ccccc2)(c2ccccc2)C(C)(C)C)cc1. The summed E-state index contributed by atoms with van der Waals surface area (Å²) in [5, 5.41) is 2.09. The summed E-state index contributed by atoms with van der Waals surface area (Å²) >= 11 is 0. The average Bonchev–Trinajstić information content (AvgIpc) is 3.12. The second kappa shape index (κ2) is 17.9. The molecule has 5 nitrogen and oxygen atoms in total. The van der Waals surface area contributed by atoms with Crippen LogP contribution in [0.2, 0.25) is 5.04 Å². The second-order valence-electron chi connectivity index (χ2n) is 13.2. The van der Waals surface area contributed by atoms with Crippen molar-refractivity contribution in [3.63, 3.8) is 0 Å². The molecule has 0 aliphatic rings. The quantitative estimate of drug-likeness (QED) is 0.0513. The predicted molar refractivity (Wildman–Crippen MR) is 199 cm³/mol. The van der Waals surface area contributed by atoms with Gasteiger partial charge in [0, 0.05) is 12.0 Å². The summed E-state index contributed by atoms with van der Waals surface area (Å²) in [5.41, 5.74) is 1.38. The van der Waals surface area contributed by atoms with Crippen LogP contribution in [-0.4, -0.2) is 40.2 Å². The van der Waals surface area contributed by atoms with Gasteiger partial charge in [0.15, 0.2) is 6.10 Å². The first-order valence-corrected chi connectivity index (χ1v) is 18.8. The minimum absolute atomic E-state index is 0.224. The van der Waals surface area contributed by atoms with Crippen LogP contribution in [0, 0.1) is 5.92 Å². The molecule has 49 heavy (non-hydrogen) atoms. The van der Waals surface area contributed by atoms with E-state index in [4.69, 9.17) is 18.6 Å². The Labute approximate surface area is 292 Å². The summed E-state index contributed by atoms with van der Waals surface area (Å²) in [5.74, 6) is -0.694. The molecule has 4 aromatic carbocycles. The normalized spacial score (nSPS) is 14.3. The fourth-order valence-electron chi connectivity index (χ4n) is 5.79. The molecule has 1 unspecified atom stereocenters. The summed E-state index contributed by atoms with van der Waals surface area (Å²) in [6, 6.07) is 37.1. The van der Waals surface area contributed by atoms with E-state index < -0.39 is 26.2 Å². The van der Waals surface area contributed by atoms with Gasteiger partial charge in [-0.2, -0.15) is 0 Å². The van der Waals surface area contributed by atoms with Crippen LogP contribution < -0.4 is 15.1 Å². The summed E-state index contributed by atoms with van der Waals surface area (Å²) in [7, 11) is -1.23. The van der Waals surface area contributed by atoms with Crippen LogP contribution in [-0.2, 0) is 20.5 Å². The maximum absolute atomic E-state index is 16.2. The Morgan fingerprint density at radius 2 is 1.37 bits per heavy atom. The van der Waals surface area contributed by atoms with Crippen molar-refractivity contribution in [3.05, 3.63) is 150 Å². The van der Waals surface area contributed by atoms with Gasteiger partial charge in [-0.1, -0.05) is 125 Å². The van der Waals surface area contributed by atoms with Crippen molar-refractivity contribution in [2.45, 2.75) is 64.9 Å². The van der Waals surface area contributed by atoms with E-state index in [-0.39, 0.29) is 17.1 Å². The zero-order chi connectivity index (χ0) is 35.3. The van der Waals surface area contributed by atoms with E-state index in [1.165, 1.54) is 6.08 Å². The number of methoxy groups -OCH3 is 1. The van der Waals surface area contributed by atoms with Gasteiger partial charge in [0.25, 0.3) is 8.32 Å². The van der Waals surface area contributed by atoms with Gasteiger partial charge in [0.1, 0.15) is 11.6 Å². The molecule has 7 heteroatoms. The first-order chi connectivity index (χ1) is 23.5. The lowest BCUT2D eigenvalue weighted by Gasteiger charge is -2.45. The number of carbonyl (C=O) groups excluding carboxylic acids is 1. The molecule has 0 saturated heterocycles. The van der Waals surface area contributed by atoms with Crippen LogP contribution in [0.3, 0.4) is 0 Å². The summed E-state index contributed by atoms with van der Waals surface area (Å²) in [6.07, 6.45) is 3.87. The highest BCUT2D eigenvalue weighted by Crippen LogP contribution is 2.38. The molecule has 0 fully saturated rings. The number of carbonyl (C=O) groups is 1. The third-order valence-corrected chi connectivity index (χ3v) is 13.8. The fourth-order valence-corrected chi connectivity index (χ4v) is 10.6. The van der Waals surface area contributed by atoms with Crippen LogP contribution in [0.15, 0.2) is 139 Å². The number of hydrogen-bond acceptors (Lipinski definition) is 5. The second-order valence-corrected chi connectivity index (χ2v) is 17.5. The van der Waals surface area contributed by atoms with Crippen molar-refractivity contribution in [1.82, 2.24) is 0 Å². The van der Waals surface area contributed by atoms with Gasteiger partial charge in [0.2, 0.25) is 0 Å². The topological polar surface area (TPSA) is 54.0 Å². The molecule has 0 heterocycles. The van der Waals surface area contributed by atoms with Crippen LogP contribution in [0.1, 0.15) is 57.0 Å². The molecule has 3 atom stereocenters. The lowest BCUT2D eigenvalue weighted by molar-refractivity contribution is 0.0413. The van der Waals surface area contributed by atoms with E-state index in [2.05, 4.69) is 45.0 Å². The summed E-state index contributed by atoms with van der Waals surface area (Å²) in [6.45, 7) is 11.5. The van der Waals surface area contributed by atoms with Crippen molar-refractivity contribution in [3.8, 4) is 5.75 Å². The first kappa shape index (κ1) is 37.5. The highest BCUT2D eigenvalue weighted by atomic mass is 28.4. The van der Waals surface area contributed by atoms with E-state index in [9.17, 15) is 4.79 Å². The molecule has 0 N–H and O–H groups in total. The summed E-state index contributed by atoms with van der Waals surface area (Å²) in [4.78, 5) is 13.0. The Kier molecular flexibility index (Phi) is 13.7. The van der Waals surface area contributed by atoms with Gasteiger partial charge in [-0.15, -0.1) is 0 Å². The molecule has 4 rings (SSSR count). The molecule has 0 bridgehead atoms. The Bertz CT molecular complexity index is 1590. The summed E-state index contributed by atoms with van der Waals surface area (Å²) < 4.78 is 40.1. The zero-order valence-corrected chi connectivity index (χ0v) is 30.5. The third-order valence-electron chi connectivity index (χ3n) is 8.62. The first-order valence-electron chi connectivity index (χ1n) is 16.8. The molecule has 258 valence electrons. The molecule has 0 radical (unpaired) electrons. The minimum atomic E-state index is -2.86. The Balaban J connectivity index is 1.52. The van der Waals surface area contributed by atoms with E-state index in [1.807, 2.05) is 80.6 Å². The van der Waals surface area contributed by atoms with E-state index in [0.717, 1.165) is 21.7 Å².